The molecule has 0 radical (unpaired) electrons. The fourth-order valence-electron chi connectivity index (χ4n) is 3.19. The van der Waals surface area contributed by atoms with E-state index in [1.165, 1.54) is 0 Å². The molecule has 1 aliphatic carbocycles. The number of fused-ring (bicyclic) bond motifs is 1. The van der Waals surface area contributed by atoms with Crippen LogP contribution in [0.5, 0.6) is 0 Å². The van der Waals surface area contributed by atoms with Gasteiger partial charge in [0.2, 0.25) is 5.91 Å². The van der Waals surface area contributed by atoms with Crippen LogP contribution in [-0.2, 0) is 11.2 Å². The standard InChI is InChI=1S/C15H20N2O2/c16-12-3-6-14-11(7-12)8-15(19)17(14)9-10-1-4-13(18)5-2-10/h3,6-7,10,13,18H,1-2,4-5,8-9,16H2. The number of aliphatic hydroxyl groups excluding tert-OH is 1. The molecule has 1 saturated carbocycles. The molecule has 0 atom stereocenters. The van der Waals surface area contributed by atoms with Crippen LogP contribution in [0.15, 0.2) is 18.2 Å². The first-order valence-electron chi connectivity index (χ1n) is 7.00. The summed E-state index contributed by atoms with van der Waals surface area (Å²) in [6, 6.07) is 5.71. The van der Waals surface area contributed by atoms with Gasteiger partial charge in [0.25, 0.3) is 0 Å². The molecule has 1 amide bonds. The quantitative estimate of drug-likeness (QED) is 0.795. The van der Waals surface area contributed by atoms with E-state index in [2.05, 4.69) is 0 Å². The van der Waals surface area contributed by atoms with E-state index in [4.69, 9.17) is 5.73 Å². The Hall–Kier alpha value is -1.55. The van der Waals surface area contributed by atoms with Crippen LogP contribution in [0.4, 0.5) is 11.4 Å². The first kappa shape index (κ1) is 12.5. The number of hydrogen-bond donors (Lipinski definition) is 2. The number of nitrogens with zero attached hydrogens (tertiary/aromatic N) is 1. The molecule has 4 nitrogen and oxygen atoms in total. The Morgan fingerprint density at radius 1 is 1.26 bits per heavy atom. The molecule has 0 spiro atoms. The number of nitrogen functional groups attached to an aromatic ring is 1. The Morgan fingerprint density at radius 2 is 2.00 bits per heavy atom. The third-order valence-corrected chi connectivity index (χ3v) is 4.29. The van der Waals surface area contributed by atoms with Crippen LogP contribution < -0.4 is 10.6 Å². The number of carbonyl (C=O) groups is 1. The summed E-state index contributed by atoms with van der Waals surface area (Å²) >= 11 is 0. The summed E-state index contributed by atoms with van der Waals surface area (Å²) in [6.45, 7) is 0.780. The number of anilines is 2. The van der Waals surface area contributed by atoms with Gasteiger partial charge in [0.05, 0.1) is 12.5 Å². The predicted octanol–water partition coefficient (Wildman–Crippen LogP) is 1.71. The van der Waals surface area contributed by atoms with Crippen molar-refractivity contribution in [3.05, 3.63) is 23.8 Å². The minimum atomic E-state index is -0.141. The van der Waals surface area contributed by atoms with Gasteiger partial charge in [-0.15, -0.1) is 0 Å². The lowest BCUT2D eigenvalue weighted by Crippen LogP contribution is -2.34. The second kappa shape index (κ2) is 4.85. The molecule has 0 bridgehead atoms. The van der Waals surface area contributed by atoms with E-state index in [-0.39, 0.29) is 12.0 Å². The lowest BCUT2D eigenvalue weighted by atomic mass is 9.87. The molecule has 0 aromatic heterocycles. The largest absolute Gasteiger partial charge is 0.399 e. The first-order chi connectivity index (χ1) is 9.13. The van der Waals surface area contributed by atoms with Gasteiger partial charge in [-0.2, -0.15) is 0 Å². The van der Waals surface area contributed by atoms with Crippen molar-refractivity contribution in [2.45, 2.75) is 38.2 Å². The van der Waals surface area contributed by atoms with Crippen molar-refractivity contribution in [1.82, 2.24) is 0 Å². The minimum Gasteiger partial charge on any atom is -0.399 e. The molecule has 2 aliphatic rings. The normalized spacial score (nSPS) is 26.6. The van der Waals surface area contributed by atoms with Crippen LogP contribution in [0.2, 0.25) is 0 Å². The molecule has 3 rings (SSSR count). The Kier molecular flexibility index (Phi) is 3.19. The van der Waals surface area contributed by atoms with Gasteiger partial charge < -0.3 is 15.7 Å². The highest BCUT2D eigenvalue weighted by Crippen LogP contribution is 2.33. The zero-order chi connectivity index (χ0) is 13.4. The average molecular weight is 260 g/mol. The molecular weight excluding hydrogens is 240 g/mol. The molecule has 3 N–H and O–H groups in total. The van der Waals surface area contributed by atoms with Crippen molar-refractivity contribution >= 4 is 17.3 Å². The van der Waals surface area contributed by atoms with Gasteiger partial charge >= 0.3 is 0 Å². The van der Waals surface area contributed by atoms with E-state index in [0.717, 1.165) is 43.5 Å². The molecule has 19 heavy (non-hydrogen) atoms. The second-order valence-corrected chi connectivity index (χ2v) is 5.74. The Labute approximate surface area is 113 Å². The molecule has 1 heterocycles. The van der Waals surface area contributed by atoms with Crippen LogP contribution in [0.3, 0.4) is 0 Å². The molecule has 4 heteroatoms. The van der Waals surface area contributed by atoms with E-state index in [9.17, 15) is 9.90 Å². The number of amides is 1. The van der Waals surface area contributed by atoms with E-state index in [1.807, 2.05) is 23.1 Å². The topological polar surface area (TPSA) is 66.6 Å². The van der Waals surface area contributed by atoms with E-state index < -0.39 is 0 Å². The fourth-order valence-corrected chi connectivity index (χ4v) is 3.19. The monoisotopic (exact) mass is 260 g/mol. The Bertz CT molecular complexity index is 493. The molecule has 1 aliphatic heterocycles. The van der Waals surface area contributed by atoms with Gasteiger partial charge in [0.1, 0.15) is 0 Å². The van der Waals surface area contributed by atoms with Crippen LogP contribution in [0.1, 0.15) is 31.2 Å². The van der Waals surface area contributed by atoms with Crippen molar-refractivity contribution in [1.29, 1.82) is 0 Å². The van der Waals surface area contributed by atoms with Crippen LogP contribution in [-0.4, -0.2) is 23.7 Å². The molecule has 1 aromatic carbocycles. The average Bonchev–Trinajstić information content (AvgIpc) is 2.68. The zero-order valence-corrected chi connectivity index (χ0v) is 11.0. The third kappa shape index (κ3) is 2.45. The lowest BCUT2D eigenvalue weighted by Gasteiger charge is -2.29. The smallest absolute Gasteiger partial charge is 0.231 e. The highest BCUT2D eigenvalue weighted by Gasteiger charge is 2.30. The van der Waals surface area contributed by atoms with Gasteiger partial charge in [0.15, 0.2) is 0 Å². The van der Waals surface area contributed by atoms with E-state index in [0.29, 0.717) is 18.0 Å². The summed E-state index contributed by atoms with van der Waals surface area (Å²) in [5.74, 6) is 0.683. The number of aliphatic hydroxyl groups is 1. The first-order valence-corrected chi connectivity index (χ1v) is 7.00. The summed E-state index contributed by atoms with van der Waals surface area (Å²) in [7, 11) is 0. The van der Waals surface area contributed by atoms with Crippen LogP contribution >= 0.6 is 0 Å². The second-order valence-electron chi connectivity index (χ2n) is 5.74. The highest BCUT2D eigenvalue weighted by atomic mass is 16.3. The maximum Gasteiger partial charge on any atom is 0.231 e. The molecule has 0 unspecified atom stereocenters. The van der Waals surface area contributed by atoms with Gasteiger partial charge in [-0.25, -0.2) is 0 Å². The van der Waals surface area contributed by atoms with Crippen molar-refractivity contribution in [3.8, 4) is 0 Å². The summed E-state index contributed by atoms with van der Waals surface area (Å²) in [5, 5.41) is 9.53. The van der Waals surface area contributed by atoms with Crippen LogP contribution in [0, 0.1) is 5.92 Å². The Balaban J connectivity index is 1.73. The van der Waals surface area contributed by atoms with Gasteiger partial charge in [-0.3, -0.25) is 4.79 Å². The van der Waals surface area contributed by atoms with E-state index in [1.54, 1.807) is 0 Å². The summed E-state index contributed by atoms with van der Waals surface area (Å²) in [6.07, 6.45) is 4.07. The third-order valence-electron chi connectivity index (χ3n) is 4.29. The molecule has 1 aromatic rings. The summed E-state index contributed by atoms with van der Waals surface area (Å²) < 4.78 is 0. The fraction of sp³-hybridized carbons (Fsp3) is 0.533. The number of hydrogen-bond acceptors (Lipinski definition) is 3. The van der Waals surface area contributed by atoms with Gasteiger partial charge in [-0.1, -0.05) is 0 Å². The minimum absolute atomic E-state index is 0.141. The number of benzene rings is 1. The molecule has 0 saturated heterocycles. The van der Waals surface area contributed by atoms with Gasteiger partial charge in [0, 0.05) is 17.9 Å². The van der Waals surface area contributed by atoms with Crippen LogP contribution in [0.25, 0.3) is 0 Å². The SMILES string of the molecule is Nc1ccc2c(c1)CC(=O)N2CC1CCC(O)CC1. The summed E-state index contributed by atoms with van der Waals surface area (Å²) in [5.41, 5.74) is 8.54. The van der Waals surface area contributed by atoms with Crippen molar-refractivity contribution in [3.63, 3.8) is 0 Å². The maximum absolute atomic E-state index is 12.1. The summed E-state index contributed by atoms with van der Waals surface area (Å²) in [4.78, 5) is 14.0. The highest BCUT2D eigenvalue weighted by molar-refractivity contribution is 6.01. The predicted molar refractivity (Wildman–Crippen MR) is 74.9 cm³/mol. The lowest BCUT2D eigenvalue weighted by molar-refractivity contribution is -0.117. The van der Waals surface area contributed by atoms with E-state index >= 15 is 0 Å². The number of rotatable bonds is 2. The van der Waals surface area contributed by atoms with Crippen molar-refractivity contribution < 1.29 is 9.90 Å². The van der Waals surface area contributed by atoms with Crippen molar-refractivity contribution in [2.75, 3.05) is 17.2 Å². The van der Waals surface area contributed by atoms with Gasteiger partial charge in [-0.05, 0) is 55.4 Å². The van der Waals surface area contributed by atoms with Crippen molar-refractivity contribution in [2.24, 2.45) is 5.92 Å². The number of carbonyl (C=O) groups excluding carboxylic acids is 1. The molecule has 102 valence electrons. The zero-order valence-electron chi connectivity index (χ0n) is 11.0. The Morgan fingerprint density at radius 3 is 2.74 bits per heavy atom. The molecular formula is C15H20N2O2. The molecule has 1 fully saturated rings. The number of nitrogens with two attached hydrogens (primary N) is 1. The maximum atomic E-state index is 12.1.